The Morgan fingerprint density at radius 3 is 2.48 bits per heavy atom. The minimum absolute atomic E-state index is 0.0979. The molecule has 3 rings (SSSR count). The van der Waals surface area contributed by atoms with Crippen molar-refractivity contribution in [3.05, 3.63) is 83.2 Å². The van der Waals surface area contributed by atoms with Crippen molar-refractivity contribution in [1.82, 2.24) is 5.32 Å². The van der Waals surface area contributed by atoms with Crippen LogP contribution in [-0.2, 0) is 16.0 Å². The van der Waals surface area contributed by atoms with Crippen molar-refractivity contribution in [2.75, 3.05) is 12.4 Å². The van der Waals surface area contributed by atoms with Crippen LogP contribution in [0.1, 0.15) is 10.4 Å². The predicted molar refractivity (Wildman–Crippen MR) is 112 cm³/mol. The first kappa shape index (κ1) is 18.6. The Bertz CT molecular complexity index is 961. The topological polar surface area (TPSA) is 58.2 Å². The maximum Gasteiger partial charge on any atom is 0.248 e. The highest BCUT2D eigenvalue weighted by molar-refractivity contribution is 7.16. The second kappa shape index (κ2) is 8.96. The minimum Gasteiger partial charge on any atom is -0.359 e. The highest BCUT2D eigenvalue weighted by Gasteiger charge is 2.08. The van der Waals surface area contributed by atoms with Crippen molar-refractivity contribution >= 4 is 34.9 Å². The van der Waals surface area contributed by atoms with E-state index in [1.165, 1.54) is 6.08 Å². The predicted octanol–water partition coefficient (Wildman–Crippen LogP) is 4.36. The van der Waals surface area contributed by atoms with Gasteiger partial charge in [0.15, 0.2) is 0 Å². The van der Waals surface area contributed by atoms with E-state index in [0.717, 1.165) is 20.9 Å². The van der Waals surface area contributed by atoms with Crippen molar-refractivity contribution in [2.45, 2.75) is 6.42 Å². The fourth-order valence-corrected chi connectivity index (χ4v) is 3.51. The summed E-state index contributed by atoms with van der Waals surface area (Å²) in [6.07, 6.45) is 3.53. The lowest BCUT2D eigenvalue weighted by Gasteiger charge is -2.09. The Hall–Kier alpha value is -3.18. The van der Waals surface area contributed by atoms with E-state index in [9.17, 15) is 9.59 Å². The molecule has 0 aliphatic carbocycles. The maximum atomic E-state index is 12.3. The average Bonchev–Trinajstić information content (AvgIpc) is 3.17. The number of hydrogen-bond donors (Lipinski definition) is 2. The highest BCUT2D eigenvalue weighted by Crippen LogP contribution is 2.28. The molecule has 0 spiro atoms. The van der Waals surface area contributed by atoms with Crippen LogP contribution >= 0.6 is 11.3 Å². The lowest BCUT2D eigenvalue weighted by Crippen LogP contribution is -2.21. The summed E-state index contributed by atoms with van der Waals surface area (Å²) in [5.74, 6) is -0.326. The SMILES string of the molecule is CNC(=O)Cc1ccccc1NC(=O)/C=C/c1ccc(-c2ccccc2)s1. The lowest BCUT2D eigenvalue weighted by molar-refractivity contribution is -0.120. The van der Waals surface area contributed by atoms with Gasteiger partial charge in [0.2, 0.25) is 11.8 Å². The molecule has 0 radical (unpaired) electrons. The Morgan fingerprint density at radius 2 is 1.70 bits per heavy atom. The third-order valence-corrected chi connectivity index (χ3v) is 5.09. The van der Waals surface area contributed by atoms with Gasteiger partial charge in [-0.15, -0.1) is 11.3 Å². The third-order valence-electron chi connectivity index (χ3n) is 3.99. The van der Waals surface area contributed by atoms with E-state index in [4.69, 9.17) is 0 Å². The summed E-state index contributed by atoms with van der Waals surface area (Å²) < 4.78 is 0. The van der Waals surface area contributed by atoms with Gasteiger partial charge >= 0.3 is 0 Å². The summed E-state index contributed by atoms with van der Waals surface area (Å²) >= 11 is 1.63. The van der Waals surface area contributed by atoms with Crippen molar-refractivity contribution in [3.8, 4) is 10.4 Å². The van der Waals surface area contributed by atoms with Crippen molar-refractivity contribution in [3.63, 3.8) is 0 Å². The summed E-state index contributed by atoms with van der Waals surface area (Å²) in [5.41, 5.74) is 2.59. The van der Waals surface area contributed by atoms with Gasteiger partial charge in [0, 0.05) is 28.6 Å². The zero-order valence-corrected chi connectivity index (χ0v) is 15.8. The Kier molecular flexibility index (Phi) is 6.18. The van der Waals surface area contributed by atoms with Gasteiger partial charge in [-0.3, -0.25) is 9.59 Å². The zero-order valence-electron chi connectivity index (χ0n) is 14.9. The number of benzene rings is 2. The van der Waals surface area contributed by atoms with Crippen LogP contribution in [0, 0.1) is 0 Å². The molecule has 0 aliphatic rings. The molecule has 4 nitrogen and oxygen atoms in total. The van der Waals surface area contributed by atoms with Crippen molar-refractivity contribution < 1.29 is 9.59 Å². The smallest absolute Gasteiger partial charge is 0.248 e. The van der Waals surface area contributed by atoms with Crippen LogP contribution in [0.4, 0.5) is 5.69 Å². The van der Waals surface area contributed by atoms with E-state index < -0.39 is 0 Å². The summed E-state index contributed by atoms with van der Waals surface area (Å²) in [4.78, 5) is 26.1. The van der Waals surface area contributed by atoms with Crippen LogP contribution in [0.5, 0.6) is 0 Å². The van der Waals surface area contributed by atoms with Crippen LogP contribution in [-0.4, -0.2) is 18.9 Å². The van der Waals surface area contributed by atoms with E-state index in [-0.39, 0.29) is 18.2 Å². The highest BCUT2D eigenvalue weighted by atomic mass is 32.1. The van der Waals surface area contributed by atoms with Gasteiger partial charge in [-0.05, 0) is 35.4 Å². The van der Waals surface area contributed by atoms with Gasteiger partial charge in [0.1, 0.15) is 0 Å². The third kappa shape index (κ3) is 5.15. The first-order chi connectivity index (χ1) is 13.2. The Labute approximate surface area is 162 Å². The molecule has 1 aromatic heterocycles. The number of rotatable bonds is 6. The van der Waals surface area contributed by atoms with Crippen LogP contribution in [0.3, 0.4) is 0 Å². The summed E-state index contributed by atoms with van der Waals surface area (Å²) in [6, 6.07) is 21.5. The minimum atomic E-state index is -0.228. The van der Waals surface area contributed by atoms with E-state index in [2.05, 4.69) is 28.8 Å². The van der Waals surface area contributed by atoms with E-state index in [1.54, 1.807) is 30.5 Å². The number of thiophene rings is 1. The molecule has 0 fully saturated rings. The molecule has 1 heterocycles. The quantitative estimate of drug-likeness (QED) is 0.628. The number of nitrogens with one attached hydrogen (secondary N) is 2. The molecule has 5 heteroatoms. The molecule has 2 N–H and O–H groups in total. The van der Waals surface area contributed by atoms with E-state index in [1.807, 2.05) is 42.5 Å². The van der Waals surface area contributed by atoms with Gasteiger partial charge in [-0.1, -0.05) is 48.5 Å². The van der Waals surface area contributed by atoms with Gasteiger partial charge in [0.05, 0.1) is 6.42 Å². The molecular formula is C22H20N2O2S. The number of carbonyl (C=O) groups excluding carboxylic acids is 2. The Balaban J connectivity index is 1.66. The van der Waals surface area contributed by atoms with Crippen LogP contribution in [0.15, 0.2) is 72.8 Å². The monoisotopic (exact) mass is 376 g/mol. The van der Waals surface area contributed by atoms with Gasteiger partial charge in [-0.25, -0.2) is 0 Å². The number of amides is 2. The first-order valence-electron chi connectivity index (χ1n) is 8.58. The molecule has 2 amide bonds. The Morgan fingerprint density at radius 1 is 0.963 bits per heavy atom. The molecule has 0 atom stereocenters. The zero-order chi connectivity index (χ0) is 19.1. The number of hydrogen-bond acceptors (Lipinski definition) is 3. The fraction of sp³-hybridized carbons (Fsp3) is 0.0909. The molecule has 0 bridgehead atoms. The number of anilines is 1. The van der Waals surface area contributed by atoms with Crippen LogP contribution in [0.25, 0.3) is 16.5 Å². The summed E-state index contributed by atoms with van der Waals surface area (Å²) in [5, 5.41) is 5.44. The fourth-order valence-electron chi connectivity index (χ4n) is 2.59. The van der Waals surface area contributed by atoms with Gasteiger partial charge in [-0.2, -0.15) is 0 Å². The second-order valence-corrected chi connectivity index (χ2v) is 7.01. The number of carbonyl (C=O) groups is 2. The summed E-state index contributed by atoms with van der Waals surface area (Å²) in [7, 11) is 1.59. The van der Waals surface area contributed by atoms with Crippen molar-refractivity contribution in [2.24, 2.45) is 0 Å². The normalized spacial score (nSPS) is 10.7. The number of likely N-dealkylation sites (N-methyl/N-ethyl adjacent to an activating group) is 1. The molecule has 2 aromatic carbocycles. The van der Waals surface area contributed by atoms with E-state index in [0.29, 0.717) is 5.69 Å². The summed E-state index contributed by atoms with van der Waals surface area (Å²) in [6.45, 7) is 0. The maximum absolute atomic E-state index is 12.3. The second-order valence-electron chi connectivity index (χ2n) is 5.90. The molecule has 0 saturated heterocycles. The largest absolute Gasteiger partial charge is 0.359 e. The lowest BCUT2D eigenvalue weighted by atomic mass is 10.1. The molecule has 27 heavy (non-hydrogen) atoms. The van der Waals surface area contributed by atoms with Gasteiger partial charge < -0.3 is 10.6 Å². The van der Waals surface area contributed by atoms with Crippen LogP contribution in [0.2, 0.25) is 0 Å². The first-order valence-corrected chi connectivity index (χ1v) is 9.40. The number of para-hydroxylation sites is 1. The average molecular weight is 376 g/mol. The van der Waals surface area contributed by atoms with Crippen molar-refractivity contribution in [1.29, 1.82) is 0 Å². The van der Waals surface area contributed by atoms with Crippen LogP contribution < -0.4 is 10.6 Å². The van der Waals surface area contributed by atoms with E-state index >= 15 is 0 Å². The molecule has 0 unspecified atom stereocenters. The standard InChI is InChI=1S/C22H20N2O2S/c1-23-22(26)15-17-9-5-6-10-19(17)24-21(25)14-12-18-11-13-20(27-18)16-7-3-2-4-8-16/h2-14H,15H2,1H3,(H,23,26)(H,24,25)/b14-12+. The molecule has 3 aromatic rings. The molecule has 0 saturated carbocycles. The molecule has 0 aliphatic heterocycles. The van der Waals surface area contributed by atoms with Gasteiger partial charge in [0.25, 0.3) is 0 Å². The molecule has 136 valence electrons. The molecular weight excluding hydrogens is 356 g/mol.